The largest absolute Gasteiger partial charge is 0.593 e. The van der Waals surface area contributed by atoms with Crippen LogP contribution in [-0.2, 0) is 24.2 Å². The maximum Gasteiger partial charge on any atom is 0.242 e. The van der Waals surface area contributed by atoms with E-state index >= 15 is 0 Å². The van der Waals surface area contributed by atoms with Crippen LogP contribution >= 0.6 is 0 Å². The standard InChI is InChI=1S/C16H21N3O5S/c1-12(20)17-9-15(21)19-8-4-7-16(10-19)11-24-13-5-2-3-6-14(13)25(22,23)18-16/h2-3,5-6H,4,7-11H2,1H3,(H2-,17,18,20,22,23). The number of sulfonamides is 1. The second-order valence-corrected chi connectivity index (χ2v) is 8.10. The third kappa shape index (κ3) is 3.83. The predicted octanol–water partition coefficient (Wildman–Crippen LogP) is 0.0697. The number of para-hydroxylation sites is 1. The van der Waals surface area contributed by atoms with Crippen molar-refractivity contribution in [2.24, 2.45) is 0 Å². The van der Waals surface area contributed by atoms with Crippen LogP contribution in [0.3, 0.4) is 0 Å². The first-order chi connectivity index (χ1) is 11.8. The summed E-state index contributed by atoms with van der Waals surface area (Å²) in [5.74, 6) is -0.210. The van der Waals surface area contributed by atoms with Gasteiger partial charge >= 0.3 is 0 Å². The van der Waals surface area contributed by atoms with Gasteiger partial charge in [0.05, 0.1) is 6.54 Å². The van der Waals surface area contributed by atoms with Crippen LogP contribution in [-0.4, -0.2) is 53.0 Å². The number of nitrogens with one attached hydrogen (secondary N) is 2. The molecule has 1 fully saturated rings. The molecule has 1 spiro atoms. The van der Waals surface area contributed by atoms with Crippen molar-refractivity contribution < 1.29 is 23.1 Å². The number of rotatable bonds is 2. The Balaban J connectivity index is 1.79. The molecule has 25 heavy (non-hydrogen) atoms. The van der Waals surface area contributed by atoms with Gasteiger partial charge in [-0.25, -0.2) is 0 Å². The number of carbonyl (C=O) groups excluding carboxylic acids is 2. The van der Waals surface area contributed by atoms with Gasteiger partial charge in [0.2, 0.25) is 16.7 Å². The number of carbonyl (C=O) groups is 2. The third-order valence-corrected chi connectivity index (χ3v) is 6.03. The molecule has 2 aliphatic heterocycles. The fraction of sp³-hybridized carbons (Fsp3) is 0.500. The average molecular weight is 367 g/mol. The van der Waals surface area contributed by atoms with E-state index in [4.69, 9.17) is 4.74 Å². The predicted molar refractivity (Wildman–Crippen MR) is 89.4 cm³/mol. The smallest absolute Gasteiger partial charge is 0.242 e. The molecule has 1 aromatic rings. The van der Waals surface area contributed by atoms with Crippen molar-refractivity contribution in [2.75, 3.05) is 26.2 Å². The molecule has 0 saturated carbocycles. The Labute approximate surface area is 147 Å². The van der Waals surface area contributed by atoms with Crippen LogP contribution in [0.4, 0.5) is 0 Å². The molecule has 0 aliphatic carbocycles. The molecule has 1 saturated heterocycles. The van der Waals surface area contributed by atoms with Crippen LogP contribution in [0.15, 0.2) is 29.2 Å². The molecule has 1 aromatic carbocycles. The van der Waals surface area contributed by atoms with Crippen molar-refractivity contribution in [1.82, 2.24) is 14.9 Å². The van der Waals surface area contributed by atoms with E-state index < -0.39 is 15.9 Å². The van der Waals surface area contributed by atoms with E-state index in [1.54, 1.807) is 23.1 Å². The SMILES string of the molecule is CC(=O)NCC(=O)N1CCCC2(COc3ccccc3[S+](=O)([O-])N2)C1. The van der Waals surface area contributed by atoms with Gasteiger partial charge < -0.3 is 19.5 Å². The lowest BCUT2D eigenvalue weighted by Crippen LogP contribution is -2.63. The zero-order valence-electron chi connectivity index (χ0n) is 13.9. The molecule has 9 heteroatoms. The van der Waals surface area contributed by atoms with E-state index in [1.165, 1.54) is 13.0 Å². The Kier molecular flexibility index (Phi) is 4.81. The third-order valence-electron chi connectivity index (χ3n) is 4.41. The van der Waals surface area contributed by atoms with E-state index in [-0.39, 0.29) is 36.4 Å². The van der Waals surface area contributed by atoms with Gasteiger partial charge in [0.1, 0.15) is 12.1 Å². The van der Waals surface area contributed by atoms with Crippen LogP contribution in [0.25, 0.3) is 0 Å². The summed E-state index contributed by atoms with van der Waals surface area (Å²) in [5, 5.41) is 2.48. The summed E-state index contributed by atoms with van der Waals surface area (Å²) in [6, 6.07) is 6.48. The number of amides is 2. The van der Waals surface area contributed by atoms with Gasteiger partial charge in [-0.1, -0.05) is 16.3 Å². The number of nitrogens with zero attached hydrogens (tertiary/aromatic N) is 1. The first-order valence-corrected chi connectivity index (χ1v) is 9.58. The lowest BCUT2D eigenvalue weighted by atomic mass is 9.91. The maximum absolute atomic E-state index is 12.7. The Hall–Kier alpha value is -1.97. The van der Waals surface area contributed by atoms with E-state index in [2.05, 4.69) is 10.0 Å². The molecule has 0 radical (unpaired) electrons. The van der Waals surface area contributed by atoms with Crippen molar-refractivity contribution in [1.29, 1.82) is 0 Å². The number of fused-ring (bicyclic) bond motifs is 1. The lowest BCUT2D eigenvalue weighted by Gasteiger charge is -2.41. The molecule has 2 heterocycles. The second-order valence-electron chi connectivity index (χ2n) is 6.45. The lowest BCUT2D eigenvalue weighted by molar-refractivity contribution is -0.134. The molecule has 136 valence electrons. The molecule has 3 rings (SSSR count). The van der Waals surface area contributed by atoms with Crippen LogP contribution < -0.4 is 14.8 Å². The summed E-state index contributed by atoms with van der Waals surface area (Å²) in [6.07, 6.45) is 1.22. The zero-order valence-corrected chi connectivity index (χ0v) is 14.8. The van der Waals surface area contributed by atoms with Crippen molar-refractivity contribution in [2.45, 2.75) is 30.2 Å². The van der Waals surface area contributed by atoms with Gasteiger partial charge in [-0.05, 0) is 25.0 Å². The van der Waals surface area contributed by atoms with Crippen molar-refractivity contribution in [3.05, 3.63) is 24.3 Å². The molecule has 8 nitrogen and oxygen atoms in total. The Morgan fingerprint density at radius 2 is 2.20 bits per heavy atom. The second kappa shape index (κ2) is 6.74. The summed E-state index contributed by atoms with van der Waals surface area (Å²) in [6.45, 7) is 2.12. The summed E-state index contributed by atoms with van der Waals surface area (Å²) >= 11 is 0. The molecular formula is C16H21N3O5S. The van der Waals surface area contributed by atoms with Crippen molar-refractivity contribution >= 4 is 22.2 Å². The minimum Gasteiger partial charge on any atom is -0.593 e. The Morgan fingerprint density at radius 3 is 2.96 bits per heavy atom. The first-order valence-electron chi connectivity index (χ1n) is 8.09. The van der Waals surface area contributed by atoms with Gasteiger partial charge in [0, 0.05) is 20.0 Å². The summed E-state index contributed by atoms with van der Waals surface area (Å²) in [4.78, 5) is 25.0. The topological polar surface area (TPSA) is 111 Å². The van der Waals surface area contributed by atoms with Crippen LogP contribution in [0.5, 0.6) is 5.75 Å². The molecule has 2 atom stereocenters. The van der Waals surface area contributed by atoms with Gasteiger partial charge in [-0.3, -0.25) is 9.59 Å². The number of hydrogen-bond donors (Lipinski definition) is 2. The summed E-state index contributed by atoms with van der Waals surface area (Å²) in [7, 11) is -3.74. The van der Waals surface area contributed by atoms with Crippen molar-refractivity contribution in [3.63, 3.8) is 0 Å². The molecular weight excluding hydrogens is 346 g/mol. The Morgan fingerprint density at radius 1 is 1.44 bits per heavy atom. The highest BCUT2D eigenvalue weighted by Crippen LogP contribution is 2.34. The fourth-order valence-electron chi connectivity index (χ4n) is 3.23. The highest BCUT2D eigenvalue weighted by atomic mass is 32.3. The van der Waals surface area contributed by atoms with Crippen LogP contribution in [0.1, 0.15) is 19.8 Å². The van der Waals surface area contributed by atoms with E-state index in [1.807, 2.05) is 0 Å². The minimum atomic E-state index is -3.74. The minimum absolute atomic E-state index is 0.0980. The fourth-order valence-corrected chi connectivity index (χ4v) is 4.79. The highest BCUT2D eigenvalue weighted by Gasteiger charge is 2.46. The molecule has 2 aliphatic rings. The van der Waals surface area contributed by atoms with Crippen molar-refractivity contribution in [3.8, 4) is 5.75 Å². The molecule has 0 bridgehead atoms. The van der Waals surface area contributed by atoms with Crippen LogP contribution in [0.2, 0.25) is 0 Å². The summed E-state index contributed by atoms with van der Waals surface area (Å²) in [5.41, 5.74) is -0.873. The number of benzene rings is 1. The normalized spacial score (nSPS) is 28.6. The average Bonchev–Trinajstić information content (AvgIpc) is 2.67. The number of piperidine rings is 1. The monoisotopic (exact) mass is 367 g/mol. The first kappa shape index (κ1) is 17.8. The van der Waals surface area contributed by atoms with Gasteiger partial charge in [0.15, 0.2) is 16.1 Å². The molecule has 2 N–H and O–H groups in total. The van der Waals surface area contributed by atoms with Gasteiger partial charge in [-0.15, -0.1) is 4.72 Å². The van der Waals surface area contributed by atoms with E-state index in [0.29, 0.717) is 25.1 Å². The van der Waals surface area contributed by atoms with E-state index in [0.717, 1.165) is 0 Å². The number of hydrogen-bond acceptors (Lipinski definition) is 5. The molecule has 2 amide bonds. The summed E-state index contributed by atoms with van der Waals surface area (Å²) < 4.78 is 33.9. The molecule has 0 aromatic heterocycles. The van der Waals surface area contributed by atoms with Gasteiger partial charge in [-0.2, -0.15) is 0 Å². The Bertz CT molecular complexity index is 740. The maximum atomic E-state index is 12.7. The van der Waals surface area contributed by atoms with Crippen LogP contribution in [0, 0.1) is 0 Å². The van der Waals surface area contributed by atoms with Gasteiger partial charge in [0.25, 0.3) is 0 Å². The highest BCUT2D eigenvalue weighted by molar-refractivity contribution is 7.96. The molecule has 2 unspecified atom stereocenters. The number of likely N-dealkylation sites (tertiary alicyclic amines) is 1. The quantitative estimate of drug-likeness (QED) is 0.719. The zero-order chi connectivity index (χ0) is 18.1. The number of ether oxygens (including phenoxy) is 1. The van der Waals surface area contributed by atoms with E-state index in [9.17, 15) is 18.4 Å².